The average Bonchev–Trinajstić information content (AvgIpc) is 3.27. The number of aliphatic hydroxyl groups is 1. The van der Waals surface area contributed by atoms with Gasteiger partial charge in [-0.3, -0.25) is 9.69 Å². The molecule has 6 aromatic carbocycles. The number of likely N-dealkylation sites (N-methyl/N-ethyl adjacent to an activating group) is 1. The van der Waals surface area contributed by atoms with E-state index in [0.29, 0.717) is 6.54 Å². The fraction of sp³-hybridized carbons (Fsp3) is 0.260. The lowest BCUT2D eigenvalue weighted by Crippen LogP contribution is -2.47. The molecule has 6 aromatic rings. The Labute approximate surface area is 354 Å². The van der Waals surface area contributed by atoms with Crippen molar-refractivity contribution in [2.45, 2.75) is 69.4 Å². The van der Waals surface area contributed by atoms with Gasteiger partial charge in [0.25, 0.3) is 0 Å². The number of hydrogen-bond acceptors (Lipinski definition) is 7. The summed E-state index contributed by atoms with van der Waals surface area (Å²) in [6, 6.07) is 49.2. The Kier molecular flexibility index (Phi) is 14.0. The van der Waals surface area contributed by atoms with Gasteiger partial charge in [-0.15, -0.1) is 0 Å². The zero-order valence-corrected chi connectivity index (χ0v) is 35.1. The zero-order chi connectivity index (χ0) is 42.1. The predicted octanol–water partition coefficient (Wildman–Crippen LogP) is 8.28. The van der Waals surface area contributed by atoms with Crippen LogP contribution in [0.2, 0.25) is 0 Å². The number of amides is 1. The third-order valence-corrected chi connectivity index (χ3v) is 12.6. The van der Waals surface area contributed by atoms with E-state index >= 15 is 0 Å². The summed E-state index contributed by atoms with van der Waals surface area (Å²) in [6.45, 7) is 5.73. The highest BCUT2D eigenvalue weighted by Crippen LogP contribution is 2.42. The van der Waals surface area contributed by atoms with Gasteiger partial charge in [-0.1, -0.05) is 158 Å². The molecule has 0 saturated carbocycles. The highest BCUT2D eigenvalue weighted by Gasteiger charge is 2.39. The number of benzene rings is 6. The summed E-state index contributed by atoms with van der Waals surface area (Å²) in [4.78, 5) is 16.2. The van der Waals surface area contributed by atoms with Gasteiger partial charge >= 0.3 is 0 Å². The molecular formula is C50H53N3O6S. The van der Waals surface area contributed by atoms with Crippen molar-refractivity contribution in [1.29, 1.82) is 0 Å². The molecule has 310 valence electrons. The standard InChI is InChI=1S/C50H53N3O6S/c1-35-18-28-44(29-19-35)60(56,57)52-46(30-37-12-6-4-7-13-37)49(55)51-31-43-16-10-11-17-45(43)40-24-26-42(27-25-40)50-58-47(33-53(3)32-38-14-8-5-9-15-38)36(2)48(59-50)41-22-20-39(34-54)21-23-41/h4-29,36,46-48,50,52,54H,30-34H2,1-3H3,(H,51,55)/t36-,46+,47+,48+,50+/m0/s1. The molecule has 1 aliphatic rings. The van der Waals surface area contributed by atoms with Crippen LogP contribution in [0.4, 0.5) is 0 Å². The van der Waals surface area contributed by atoms with Gasteiger partial charge in [-0.25, -0.2) is 8.42 Å². The summed E-state index contributed by atoms with van der Waals surface area (Å²) in [5, 5.41) is 12.7. The number of carbonyl (C=O) groups excluding carboxylic acids is 1. The Balaban J connectivity index is 1.08. The average molecular weight is 824 g/mol. The maximum atomic E-state index is 13.8. The van der Waals surface area contributed by atoms with Gasteiger partial charge in [-0.2, -0.15) is 4.72 Å². The second kappa shape index (κ2) is 19.7. The number of nitrogens with zero attached hydrogens (tertiary/aromatic N) is 1. The highest BCUT2D eigenvalue weighted by molar-refractivity contribution is 7.89. The summed E-state index contributed by atoms with van der Waals surface area (Å²) < 4.78 is 43.1. The summed E-state index contributed by atoms with van der Waals surface area (Å²) in [7, 11) is -1.87. The van der Waals surface area contributed by atoms with Gasteiger partial charge < -0.3 is 19.9 Å². The van der Waals surface area contributed by atoms with E-state index in [1.54, 1.807) is 24.3 Å². The van der Waals surface area contributed by atoms with Crippen LogP contribution >= 0.6 is 0 Å². The highest BCUT2D eigenvalue weighted by atomic mass is 32.2. The molecule has 60 heavy (non-hydrogen) atoms. The molecule has 10 heteroatoms. The molecule has 7 rings (SSSR count). The number of ether oxygens (including phenoxy) is 2. The van der Waals surface area contributed by atoms with Crippen LogP contribution in [0.1, 0.15) is 58.3 Å². The van der Waals surface area contributed by atoms with Crippen molar-refractivity contribution < 1.29 is 27.8 Å². The van der Waals surface area contributed by atoms with Crippen LogP contribution in [-0.2, 0) is 50.4 Å². The molecule has 0 bridgehead atoms. The van der Waals surface area contributed by atoms with Gasteiger partial charge in [0.1, 0.15) is 6.04 Å². The van der Waals surface area contributed by atoms with Crippen molar-refractivity contribution in [3.05, 3.63) is 197 Å². The molecule has 0 aromatic heterocycles. The topological polar surface area (TPSA) is 117 Å². The van der Waals surface area contributed by atoms with Gasteiger partial charge in [0.15, 0.2) is 6.29 Å². The van der Waals surface area contributed by atoms with E-state index in [2.05, 4.69) is 53.2 Å². The summed E-state index contributed by atoms with van der Waals surface area (Å²) in [6.07, 6.45) is -0.796. The van der Waals surface area contributed by atoms with Crippen LogP contribution in [0, 0.1) is 12.8 Å². The molecule has 1 aliphatic heterocycles. The molecule has 1 fully saturated rings. The van der Waals surface area contributed by atoms with E-state index < -0.39 is 28.3 Å². The molecule has 1 heterocycles. The Bertz CT molecular complexity index is 2410. The number of hydrogen-bond donors (Lipinski definition) is 3. The predicted molar refractivity (Wildman–Crippen MR) is 235 cm³/mol. The number of rotatable bonds is 16. The van der Waals surface area contributed by atoms with E-state index in [-0.39, 0.29) is 42.6 Å². The SMILES string of the molecule is Cc1ccc(S(=O)(=O)N[C@H](Cc2ccccc2)C(=O)NCc2ccccc2-c2ccc([C@@H]3O[C@H](CN(C)Cc4ccccc4)[C@H](C)[C@H](c4ccc(CO)cc4)O3)cc2)cc1. The second-order valence-corrected chi connectivity index (χ2v) is 17.4. The van der Waals surface area contributed by atoms with Crippen molar-refractivity contribution in [1.82, 2.24) is 14.9 Å². The molecule has 0 radical (unpaired) electrons. The second-order valence-electron chi connectivity index (χ2n) is 15.7. The van der Waals surface area contributed by atoms with Crippen LogP contribution in [0.5, 0.6) is 0 Å². The first kappa shape index (κ1) is 42.7. The molecule has 0 unspecified atom stereocenters. The van der Waals surface area contributed by atoms with Crippen molar-refractivity contribution in [3.63, 3.8) is 0 Å². The van der Waals surface area contributed by atoms with Gasteiger partial charge in [0.05, 0.1) is 23.7 Å². The number of carbonyl (C=O) groups is 1. The lowest BCUT2D eigenvalue weighted by atomic mass is 9.90. The first-order valence-corrected chi connectivity index (χ1v) is 21.9. The minimum Gasteiger partial charge on any atom is -0.392 e. The Morgan fingerprint density at radius 2 is 1.35 bits per heavy atom. The Morgan fingerprint density at radius 1 is 0.733 bits per heavy atom. The normalized spacial score (nSPS) is 18.6. The quantitative estimate of drug-likeness (QED) is 0.0900. The van der Waals surface area contributed by atoms with Crippen LogP contribution in [-0.4, -0.2) is 50.1 Å². The van der Waals surface area contributed by atoms with Crippen molar-refractivity contribution in [2.24, 2.45) is 5.92 Å². The van der Waals surface area contributed by atoms with E-state index in [1.807, 2.05) is 116 Å². The van der Waals surface area contributed by atoms with Crippen molar-refractivity contribution in [2.75, 3.05) is 13.6 Å². The maximum Gasteiger partial charge on any atom is 0.241 e. The van der Waals surface area contributed by atoms with E-state index in [9.17, 15) is 18.3 Å². The first-order valence-electron chi connectivity index (χ1n) is 20.4. The Hall–Kier alpha value is -5.46. The summed E-state index contributed by atoms with van der Waals surface area (Å²) in [5.74, 6) is -0.379. The largest absolute Gasteiger partial charge is 0.392 e. The first-order chi connectivity index (χ1) is 29.1. The molecule has 1 amide bonds. The monoisotopic (exact) mass is 823 g/mol. The van der Waals surface area contributed by atoms with E-state index in [1.165, 1.54) is 5.56 Å². The Morgan fingerprint density at radius 3 is 2.02 bits per heavy atom. The molecule has 0 aliphatic carbocycles. The van der Waals surface area contributed by atoms with Crippen molar-refractivity contribution >= 4 is 15.9 Å². The minimum absolute atomic E-state index is 0.0211. The van der Waals surface area contributed by atoms with Crippen LogP contribution in [0.3, 0.4) is 0 Å². The third kappa shape index (κ3) is 10.8. The minimum atomic E-state index is -3.98. The summed E-state index contributed by atoms with van der Waals surface area (Å²) in [5.41, 5.74) is 8.53. The molecule has 5 atom stereocenters. The van der Waals surface area contributed by atoms with Crippen LogP contribution in [0.25, 0.3) is 11.1 Å². The number of nitrogens with one attached hydrogen (secondary N) is 2. The maximum absolute atomic E-state index is 13.8. The van der Waals surface area contributed by atoms with Gasteiger partial charge in [-0.05, 0) is 71.5 Å². The van der Waals surface area contributed by atoms with E-state index in [0.717, 1.165) is 51.1 Å². The van der Waals surface area contributed by atoms with Crippen molar-refractivity contribution in [3.8, 4) is 11.1 Å². The number of sulfonamides is 1. The van der Waals surface area contributed by atoms with Crippen LogP contribution < -0.4 is 10.0 Å². The summed E-state index contributed by atoms with van der Waals surface area (Å²) >= 11 is 0. The van der Waals surface area contributed by atoms with Gasteiger partial charge in [0.2, 0.25) is 15.9 Å². The molecule has 1 saturated heterocycles. The number of aryl methyl sites for hydroxylation is 1. The number of aliphatic hydroxyl groups excluding tert-OH is 1. The lowest BCUT2D eigenvalue weighted by Gasteiger charge is -2.42. The fourth-order valence-electron chi connectivity index (χ4n) is 7.69. The zero-order valence-electron chi connectivity index (χ0n) is 34.3. The lowest BCUT2D eigenvalue weighted by molar-refractivity contribution is -0.276. The molecule has 0 spiro atoms. The fourth-order valence-corrected chi connectivity index (χ4v) is 8.88. The molecular weight excluding hydrogens is 771 g/mol. The third-order valence-electron chi connectivity index (χ3n) is 11.1. The molecule has 9 nitrogen and oxygen atoms in total. The van der Waals surface area contributed by atoms with Gasteiger partial charge in [0, 0.05) is 31.1 Å². The van der Waals surface area contributed by atoms with E-state index in [4.69, 9.17) is 9.47 Å². The van der Waals surface area contributed by atoms with Crippen LogP contribution in [0.15, 0.2) is 163 Å². The smallest absolute Gasteiger partial charge is 0.241 e. The molecule has 3 N–H and O–H groups in total.